The number of carbonyl (C=O) groups is 1. The lowest BCUT2D eigenvalue weighted by atomic mass is 10.1. The molecule has 0 unspecified atom stereocenters. The number of aryl methyl sites for hydroxylation is 1. The maximum absolute atomic E-state index is 12.4. The molecule has 1 aromatic carbocycles. The number of aromatic nitrogens is 3. The predicted molar refractivity (Wildman–Crippen MR) is 99.9 cm³/mol. The number of benzene rings is 1. The summed E-state index contributed by atoms with van der Waals surface area (Å²) in [7, 11) is 0. The van der Waals surface area contributed by atoms with Gasteiger partial charge in [-0.05, 0) is 25.5 Å². The molecule has 1 aromatic heterocycles. The molecule has 0 bridgehead atoms. The van der Waals surface area contributed by atoms with Crippen molar-refractivity contribution < 1.29 is 9.53 Å². The highest BCUT2D eigenvalue weighted by Gasteiger charge is 2.10. The van der Waals surface area contributed by atoms with Gasteiger partial charge in [0.2, 0.25) is 5.78 Å². The summed E-state index contributed by atoms with van der Waals surface area (Å²) in [6.45, 7) is 4.38. The molecule has 1 heterocycles. The van der Waals surface area contributed by atoms with Gasteiger partial charge in [-0.3, -0.25) is 10.2 Å². The fraction of sp³-hybridized carbons (Fsp3) is 0.389. The second-order valence-corrected chi connectivity index (χ2v) is 5.71. The van der Waals surface area contributed by atoms with Crippen molar-refractivity contribution in [2.75, 3.05) is 12.0 Å². The van der Waals surface area contributed by atoms with Gasteiger partial charge in [0.1, 0.15) is 11.4 Å². The maximum Gasteiger partial charge on any atom is 0.363 e. The van der Waals surface area contributed by atoms with Crippen LogP contribution in [0.3, 0.4) is 0 Å². The van der Waals surface area contributed by atoms with Gasteiger partial charge in [-0.1, -0.05) is 38.3 Å². The summed E-state index contributed by atoms with van der Waals surface area (Å²) in [6, 6.07) is 7.04. The van der Waals surface area contributed by atoms with E-state index in [2.05, 4.69) is 32.6 Å². The highest BCUT2D eigenvalue weighted by Crippen LogP contribution is 2.18. The molecule has 0 aliphatic carbocycles. The number of unbranched alkanes of at least 4 members (excludes halogenated alkanes) is 3. The SMILES string of the molecule is CCCCCCOc1ccccc1C(=O)/C=N/Nc1nc(=O)[nH]nc1C. The van der Waals surface area contributed by atoms with E-state index >= 15 is 0 Å². The summed E-state index contributed by atoms with van der Waals surface area (Å²) >= 11 is 0. The van der Waals surface area contributed by atoms with Crippen LogP contribution in [0.4, 0.5) is 5.82 Å². The first-order valence-corrected chi connectivity index (χ1v) is 8.60. The number of nitrogens with zero attached hydrogens (tertiary/aromatic N) is 3. The van der Waals surface area contributed by atoms with Crippen molar-refractivity contribution >= 4 is 17.8 Å². The minimum absolute atomic E-state index is 0.193. The van der Waals surface area contributed by atoms with Crippen molar-refractivity contribution in [1.29, 1.82) is 0 Å². The Hall–Kier alpha value is -3.03. The average molecular weight is 357 g/mol. The zero-order valence-electron chi connectivity index (χ0n) is 15.0. The van der Waals surface area contributed by atoms with E-state index in [9.17, 15) is 9.59 Å². The molecule has 0 aliphatic heterocycles. The Morgan fingerprint density at radius 3 is 2.92 bits per heavy atom. The molecule has 0 amide bonds. The van der Waals surface area contributed by atoms with Crippen LogP contribution in [0.5, 0.6) is 5.75 Å². The van der Waals surface area contributed by atoms with E-state index in [0.29, 0.717) is 23.6 Å². The number of rotatable bonds is 10. The summed E-state index contributed by atoms with van der Waals surface area (Å²) in [6.07, 6.45) is 5.52. The van der Waals surface area contributed by atoms with Crippen molar-refractivity contribution in [2.45, 2.75) is 39.5 Å². The lowest BCUT2D eigenvalue weighted by Crippen LogP contribution is -2.16. The van der Waals surface area contributed by atoms with E-state index in [0.717, 1.165) is 25.5 Å². The van der Waals surface area contributed by atoms with Gasteiger partial charge in [-0.15, -0.1) is 0 Å². The van der Waals surface area contributed by atoms with E-state index in [4.69, 9.17) is 4.74 Å². The molecule has 0 fully saturated rings. The zero-order valence-corrected chi connectivity index (χ0v) is 15.0. The standard InChI is InChI=1S/C18H23N5O3/c1-3-4-5-8-11-26-16-10-7-6-9-14(16)15(24)12-19-22-17-13(2)21-23-18(25)20-17/h6-7,9-10,12H,3-5,8,11H2,1-2H3,(H2,20,22,23,25)/b19-12+. The van der Waals surface area contributed by atoms with Gasteiger partial charge in [0, 0.05) is 0 Å². The van der Waals surface area contributed by atoms with Gasteiger partial charge >= 0.3 is 5.69 Å². The Morgan fingerprint density at radius 1 is 1.31 bits per heavy atom. The minimum Gasteiger partial charge on any atom is -0.493 e. The summed E-state index contributed by atoms with van der Waals surface area (Å²) in [4.78, 5) is 27.2. The van der Waals surface area contributed by atoms with Gasteiger partial charge in [-0.25, -0.2) is 9.89 Å². The third kappa shape index (κ3) is 5.80. The van der Waals surface area contributed by atoms with Gasteiger partial charge in [0.15, 0.2) is 5.82 Å². The number of para-hydroxylation sites is 1. The van der Waals surface area contributed by atoms with Crippen LogP contribution in [-0.4, -0.2) is 33.8 Å². The van der Waals surface area contributed by atoms with E-state index in [-0.39, 0.29) is 11.6 Å². The summed E-state index contributed by atoms with van der Waals surface area (Å²) < 4.78 is 5.73. The van der Waals surface area contributed by atoms with Gasteiger partial charge in [0.05, 0.1) is 18.4 Å². The number of carbonyl (C=O) groups excluding carboxylic acids is 1. The number of Topliss-reactive ketones (excluding diaryl/α,β-unsaturated/α-hetero) is 1. The number of H-pyrrole nitrogens is 1. The molecule has 2 N–H and O–H groups in total. The van der Waals surface area contributed by atoms with E-state index in [1.807, 2.05) is 6.07 Å². The number of hydrazone groups is 1. The molecular formula is C18H23N5O3. The summed E-state index contributed by atoms with van der Waals surface area (Å²) in [5.41, 5.74) is 2.85. The van der Waals surface area contributed by atoms with Crippen LogP contribution in [0, 0.1) is 6.92 Å². The summed E-state index contributed by atoms with van der Waals surface area (Å²) in [5.74, 6) is 0.419. The molecule has 2 rings (SSSR count). The topological polar surface area (TPSA) is 109 Å². The fourth-order valence-corrected chi connectivity index (χ4v) is 2.23. The largest absolute Gasteiger partial charge is 0.493 e. The van der Waals surface area contributed by atoms with Gasteiger partial charge in [-0.2, -0.15) is 15.2 Å². The molecule has 0 radical (unpaired) electrons. The van der Waals surface area contributed by atoms with Crippen molar-refractivity contribution in [3.63, 3.8) is 0 Å². The average Bonchev–Trinajstić information content (AvgIpc) is 2.64. The first-order valence-electron chi connectivity index (χ1n) is 8.60. The third-order valence-electron chi connectivity index (χ3n) is 3.64. The van der Waals surface area contributed by atoms with Crippen molar-refractivity contribution in [1.82, 2.24) is 15.2 Å². The third-order valence-corrected chi connectivity index (χ3v) is 3.64. The predicted octanol–water partition coefficient (Wildman–Crippen LogP) is 2.71. The van der Waals surface area contributed by atoms with Crippen LogP contribution < -0.4 is 15.9 Å². The molecule has 138 valence electrons. The quantitative estimate of drug-likeness (QED) is 0.293. The van der Waals surface area contributed by atoms with Crippen molar-refractivity contribution in [2.24, 2.45) is 5.10 Å². The molecule has 0 saturated carbocycles. The van der Waals surface area contributed by atoms with Crippen molar-refractivity contribution in [3.8, 4) is 5.75 Å². The molecule has 8 nitrogen and oxygen atoms in total. The number of aromatic amines is 1. The highest BCUT2D eigenvalue weighted by molar-refractivity contribution is 6.36. The first-order chi connectivity index (χ1) is 12.6. The normalized spacial score (nSPS) is 10.8. The number of anilines is 1. The van der Waals surface area contributed by atoms with Gasteiger partial charge < -0.3 is 4.74 Å². The smallest absolute Gasteiger partial charge is 0.363 e. The Labute approximate surface area is 151 Å². The Kier molecular flexibility index (Phi) is 7.48. The van der Waals surface area contributed by atoms with Crippen LogP contribution in [0.25, 0.3) is 0 Å². The Balaban J connectivity index is 1.98. The number of hydrogen-bond donors (Lipinski definition) is 2. The molecule has 0 spiro atoms. The molecule has 0 atom stereocenters. The maximum atomic E-state index is 12.4. The molecule has 0 aliphatic rings. The molecule has 0 saturated heterocycles. The number of ketones is 1. The van der Waals surface area contributed by atoms with E-state index in [1.54, 1.807) is 25.1 Å². The second kappa shape index (κ2) is 10.1. The summed E-state index contributed by atoms with van der Waals surface area (Å²) in [5, 5.41) is 9.82. The molecule has 2 aromatic rings. The number of hydrogen-bond acceptors (Lipinski definition) is 7. The van der Waals surface area contributed by atoms with Crippen LogP contribution in [0.15, 0.2) is 34.2 Å². The van der Waals surface area contributed by atoms with Crippen LogP contribution in [0.1, 0.15) is 48.7 Å². The monoisotopic (exact) mass is 357 g/mol. The molecular weight excluding hydrogens is 334 g/mol. The van der Waals surface area contributed by atoms with Crippen LogP contribution in [-0.2, 0) is 0 Å². The number of nitrogens with one attached hydrogen (secondary N) is 2. The van der Waals surface area contributed by atoms with Crippen molar-refractivity contribution in [3.05, 3.63) is 46.0 Å². The van der Waals surface area contributed by atoms with E-state index < -0.39 is 5.69 Å². The number of ether oxygens (including phenoxy) is 1. The lowest BCUT2D eigenvalue weighted by Gasteiger charge is -2.09. The van der Waals surface area contributed by atoms with Gasteiger partial charge in [0.25, 0.3) is 0 Å². The Morgan fingerprint density at radius 2 is 2.12 bits per heavy atom. The highest BCUT2D eigenvalue weighted by atomic mass is 16.5. The zero-order chi connectivity index (χ0) is 18.8. The minimum atomic E-state index is -0.596. The fourth-order valence-electron chi connectivity index (χ4n) is 2.23. The lowest BCUT2D eigenvalue weighted by molar-refractivity contribution is 0.106. The second-order valence-electron chi connectivity index (χ2n) is 5.71. The first kappa shape index (κ1) is 19.3. The Bertz CT molecular complexity index is 816. The molecule has 26 heavy (non-hydrogen) atoms. The van der Waals surface area contributed by atoms with E-state index in [1.165, 1.54) is 6.42 Å². The van der Waals surface area contributed by atoms with Crippen LogP contribution >= 0.6 is 0 Å². The molecule has 8 heteroatoms. The van der Waals surface area contributed by atoms with Crippen LogP contribution in [0.2, 0.25) is 0 Å².